The van der Waals surface area contributed by atoms with E-state index in [0.717, 1.165) is 28.7 Å². The fraction of sp³-hybridized carbons (Fsp3) is 0.211. The van der Waals surface area contributed by atoms with Gasteiger partial charge in [0.05, 0.1) is 23.1 Å². The summed E-state index contributed by atoms with van der Waals surface area (Å²) in [5.41, 5.74) is 3.09. The van der Waals surface area contributed by atoms with E-state index in [1.165, 1.54) is 0 Å². The van der Waals surface area contributed by atoms with Gasteiger partial charge in [0.25, 0.3) is 5.91 Å². The summed E-state index contributed by atoms with van der Waals surface area (Å²) in [6.07, 6.45) is 2.64. The molecule has 25 heavy (non-hydrogen) atoms. The molecule has 1 aromatic carbocycles. The Kier molecular flexibility index (Phi) is 5.28. The third kappa shape index (κ3) is 3.96. The van der Waals surface area contributed by atoms with E-state index >= 15 is 0 Å². The topological polar surface area (TPSA) is 59.8 Å². The molecule has 0 atom stereocenters. The van der Waals surface area contributed by atoms with E-state index in [0.29, 0.717) is 17.1 Å². The number of hydrogen-bond donors (Lipinski definition) is 1. The number of nitrogens with one attached hydrogen (secondary N) is 1. The number of amides is 1. The van der Waals surface area contributed by atoms with Crippen LogP contribution in [0, 0.1) is 6.92 Å². The lowest BCUT2D eigenvalue weighted by molar-refractivity contribution is 0.102. The third-order valence-corrected chi connectivity index (χ3v) is 4.34. The van der Waals surface area contributed by atoms with E-state index in [1.807, 2.05) is 43.3 Å². The Morgan fingerprint density at radius 2 is 2.08 bits per heavy atom. The molecule has 0 saturated heterocycles. The molecule has 0 aliphatic heterocycles. The quantitative estimate of drug-likeness (QED) is 0.678. The second kappa shape index (κ2) is 7.61. The summed E-state index contributed by atoms with van der Waals surface area (Å²) in [4.78, 5) is 17.2. The number of carbonyl (C=O) groups is 1. The van der Waals surface area contributed by atoms with Crippen LogP contribution in [0.25, 0.3) is 11.3 Å². The highest BCUT2D eigenvalue weighted by Crippen LogP contribution is 2.23. The fourth-order valence-corrected chi connectivity index (χ4v) is 3.02. The van der Waals surface area contributed by atoms with Crippen LogP contribution in [0.5, 0.6) is 0 Å². The van der Waals surface area contributed by atoms with Gasteiger partial charge in [0.2, 0.25) is 0 Å². The molecule has 5 nitrogen and oxygen atoms in total. The average molecular weight is 399 g/mol. The van der Waals surface area contributed by atoms with E-state index in [1.54, 1.807) is 16.9 Å². The third-order valence-electron chi connectivity index (χ3n) is 3.84. The summed E-state index contributed by atoms with van der Waals surface area (Å²) >= 11 is 3.47. The van der Waals surface area contributed by atoms with Crippen LogP contribution in [-0.2, 0) is 6.54 Å². The maximum absolute atomic E-state index is 12.6. The van der Waals surface area contributed by atoms with Crippen molar-refractivity contribution >= 4 is 27.7 Å². The number of anilines is 1. The van der Waals surface area contributed by atoms with Gasteiger partial charge in [-0.15, -0.1) is 0 Å². The normalized spacial score (nSPS) is 10.7. The minimum absolute atomic E-state index is 0.177. The van der Waals surface area contributed by atoms with Crippen LogP contribution in [-0.4, -0.2) is 20.7 Å². The Hall–Kier alpha value is -2.47. The van der Waals surface area contributed by atoms with Gasteiger partial charge in [0, 0.05) is 22.6 Å². The number of rotatable bonds is 5. The second-order valence-corrected chi connectivity index (χ2v) is 6.65. The number of pyridine rings is 1. The predicted octanol–water partition coefficient (Wildman–Crippen LogP) is 4.68. The van der Waals surface area contributed by atoms with Crippen LogP contribution >= 0.6 is 15.9 Å². The SMILES string of the molecule is CCCn1nccc1NC(=O)c1ccc(-c2cccc(Br)c2)nc1C. The molecule has 0 bridgehead atoms. The first-order valence-electron chi connectivity index (χ1n) is 8.15. The molecule has 0 aliphatic rings. The number of benzene rings is 1. The standard InChI is InChI=1S/C19H19BrN4O/c1-3-11-24-18(9-10-21-24)23-19(25)16-7-8-17(22-13(16)2)14-5-4-6-15(20)12-14/h4-10,12H,3,11H2,1-2H3,(H,23,25). The van der Waals surface area contributed by atoms with Gasteiger partial charge < -0.3 is 5.32 Å². The molecule has 3 aromatic rings. The predicted molar refractivity (Wildman–Crippen MR) is 103 cm³/mol. The summed E-state index contributed by atoms with van der Waals surface area (Å²) in [6.45, 7) is 4.68. The van der Waals surface area contributed by atoms with Crippen LogP contribution in [0.3, 0.4) is 0 Å². The molecule has 3 rings (SSSR count). The minimum Gasteiger partial charge on any atom is -0.307 e. The van der Waals surface area contributed by atoms with Crippen LogP contribution < -0.4 is 5.32 Å². The number of aryl methyl sites for hydroxylation is 2. The molecule has 0 spiro atoms. The molecule has 128 valence electrons. The zero-order chi connectivity index (χ0) is 17.8. The van der Waals surface area contributed by atoms with E-state index in [4.69, 9.17) is 0 Å². The molecular weight excluding hydrogens is 380 g/mol. The van der Waals surface area contributed by atoms with Gasteiger partial charge in [0.15, 0.2) is 0 Å². The van der Waals surface area contributed by atoms with Crippen molar-refractivity contribution in [3.63, 3.8) is 0 Å². The number of halogens is 1. The molecule has 2 heterocycles. The van der Waals surface area contributed by atoms with Crippen LogP contribution in [0.15, 0.2) is 53.1 Å². The molecule has 2 aromatic heterocycles. The maximum Gasteiger partial charge on any atom is 0.258 e. The Balaban J connectivity index is 1.83. The number of carbonyl (C=O) groups excluding carboxylic acids is 1. The Bertz CT molecular complexity index is 904. The van der Waals surface area contributed by atoms with Gasteiger partial charge in [-0.3, -0.25) is 9.78 Å². The first-order valence-corrected chi connectivity index (χ1v) is 8.94. The van der Waals surface area contributed by atoms with Crippen molar-refractivity contribution in [3.8, 4) is 11.3 Å². The highest BCUT2D eigenvalue weighted by atomic mass is 79.9. The zero-order valence-corrected chi connectivity index (χ0v) is 15.7. The van der Waals surface area contributed by atoms with E-state index < -0.39 is 0 Å². The van der Waals surface area contributed by atoms with Crippen molar-refractivity contribution in [3.05, 3.63) is 64.4 Å². The first kappa shape index (κ1) is 17.4. The molecule has 6 heteroatoms. The molecule has 0 saturated carbocycles. The molecule has 0 unspecified atom stereocenters. The lowest BCUT2D eigenvalue weighted by atomic mass is 10.1. The molecule has 0 fully saturated rings. The summed E-state index contributed by atoms with van der Waals surface area (Å²) in [5, 5.41) is 7.13. The van der Waals surface area contributed by atoms with Crippen LogP contribution in [0.2, 0.25) is 0 Å². The van der Waals surface area contributed by atoms with Crippen molar-refractivity contribution in [2.24, 2.45) is 0 Å². The highest BCUT2D eigenvalue weighted by Gasteiger charge is 2.13. The Morgan fingerprint density at radius 3 is 2.80 bits per heavy atom. The summed E-state index contributed by atoms with van der Waals surface area (Å²) in [7, 11) is 0. The lowest BCUT2D eigenvalue weighted by Gasteiger charge is -2.10. The van der Waals surface area contributed by atoms with E-state index in [9.17, 15) is 4.79 Å². The maximum atomic E-state index is 12.6. The van der Waals surface area contributed by atoms with Crippen LogP contribution in [0.4, 0.5) is 5.82 Å². The average Bonchev–Trinajstić information content (AvgIpc) is 3.02. The van der Waals surface area contributed by atoms with Crippen molar-refractivity contribution in [2.45, 2.75) is 26.8 Å². The van der Waals surface area contributed by atoms with Crippen molar-refractivity contribution in [1.82, 2.24) is 14.8 Å². The number of hydrogen-bond acceptors (Lipinski definition) is 3. The van der Waals surface area contributed by atoms with E-state index in [2.05, 4.69) is 38.3 Å². The fourth-order valence-electron chi connectivity index (χ4n) is 2.62. The smallest absolute Gasteiger partial charge is 0.258 e. The first-order chi connectivity index (χ1) is 12.1. The monoisotopic (exact) mass is 398 g/mol. The van der Waals surface area contributed by atoms with Gasteiger partial charge in [-0.1, -0.05) is 35.0 Å². The molecule has 0 radical (unpaired) electrons. The van der Waals surface area contributed by atoms with Crippen molar-refractivity contribution in [2.75, 3.05) is 5.32 Å². The van der Waals surface area contributed by atoms with Gasteiger partial charge in [-0.2, -0.15) is 5.10 Å². The number of nitrogens with zero attached hydrogens (tertiary/aromatic N) is 3. The van der Waals surface area contributed by atoms with Gasteiger partial charge in [-0.25, -0.2) is 4.68 Å². The largest absolute Gasteiger partial charge is 0.307 e. The lowest BCUT2D eigenvalue weighted by Crippen LogP contribution is -2.17. The van der Waals surface area contributed by atoms with Crippen molar-refractivity contribution < 1.29 is 4.79 Å². The van der Waals surface area contributed by atoms with Gasteiger partial charge in [-0.05, 0) is 37.6 Å². The molecular formula is C19H19BrN4O. The second-order valence-electron chi connectivity index (χ2n) is 5.73. The van der Waals surface area contributed by atoms with Gasteiger partial charge in [0.1, 0.15) is 5.82 Å². The summed E-state index contributed by atoms with van der Waals surface area (Å²) in [6, 6.07) is 13.4. The molecule has 0 aliphatic carbocycles. The van der Waals surface area contributed by atoms with Crippen LogP contribution in [0.1, 0.15) is 29.4 Å². The Morgan fingerprint density at radius 1 is 1.24 bits per heavy atom. The highest BCUT2D eigenvalue weighted by molar-refractivity contribution is 9.10. The molecule has 1 amide bonds. The van der Waals surface area contributed by atoms with Crippen molar-refractivity contribution in [1.29, 1.82) is 0 Å². The summed E-state index contributed by atoms with van der Waals surface area (Å²) < 4.78 is 2.78. The zero-order valence-electron chi connectivity index (χ0n) is 14.2. The van der Waals surface area contributed by atoms with Gasteiger partial charge >= 0.3 is 0 Å². The molecule has 1 N–H and O–H groups in total. The van der Waals surface area contributed by atoms with E-state index in [-0.39, 0.29) is 5.91 Å². The summed E-state index contributed by atoms with van der Waals surface area (Å²) in [5.74, 6) is 0.519. The Labute approximate surface area is 155 Å². The minimum atomic E-state index is -0.177. The number of aromatic nitrogens is 3.